The van der Waals surface area contributed by atoms with Crippen molar-refractivity contribution in [2.24, 2.45) is 0 Å². The van der Waals surface area contributed by atoms with Gasteiger partial charge in [0.1, 0.15) is 18.0 Å². The Hall–Kier alpha value is -2.02. The Morgan fingerprint density at radius 1 is 1.10 bits per heavy atom. The monoisotopic (exact) mass is 316 g/mol. The molecule has 2 rings (SSSR count). The van der Waals surface area contributed by atoms with Crippen LogP contribution in [0, 0.1) is 0 Å². The van der Waals surface area contributed by atoms with Crippen LogP contribution in [0.2, 0.25) is 5.02 Å². The minimum Gasteiger partial charge on any atom is -0.370 e. The molecule has 0 saturated carbocycles. The Balaban J connectivity index is 2.27. The third kappa shape index (κ3) is 4.22. The van der Waals surface area contributed by atoms with Gasteiger partial charge in [0.2, 0.25) is 0 Å². The number of nitrogens with zero attached hydrogens (tertiary/aromatic N) is 2. The second kappa shape index (κ2) is 6.17. The summed E-state index contributed by atoms with van der Waals surface area (Å²) in [5.41, 5.74) is -0.616. The van der Waals surface area contributed by atoms with Crippen molar-refractivity contribution in [1.82, 2.24) is 9.97 Å². The lowest BCUT2D eigenvalue weighted by Crippen LogP contribution is -2.06. The number of aromatic nitrogens is 2. The summed E-state index contributed by atoms with van der Waals surface area (Å²) in [4.78, 5) is 7.93. The van der Waals surface area contributed by atoms with E-state index >= 15 is 0 Å². The lowest BCUT2D eigenvalue weighted by Gasteiger charge is -2.11. The van der Waals surface area contributed by atoms with Crippen molar-refractivity contribution < 1.29 is 13.2 Å². The van der Waals surface area contributed by atoms with Gasteiger partial charge in [-0.15, -0.1) is 0 Å². The molecule has 0 radical (unpaired) electrons. The van der Waals surface area contributed by atoms with E-state index in [9.17, 15) is 13.2 Å². The van der Waals surface area contributed by atoms with E-state index in [4.69, 9.17) is 11.6 Å². The highest BCUT2D eigenvalue weighted by atomic mass is 35.5. The van der Waals surface area contributed by atoms with Crippen molar-refractivity contribution in [2.75, 3.05) is 17.2 Å². The maximum absolute atomic E-state index is 12.7. The fourth-order valence-electron chi connectivity index (χ4n) is 1.68. The molecule has 0 bridgehead atoms. The standard InChI is InChI=1S/C13H12ClF3N4/c1-2-18-11-6-12(20-7-19-11)21-10-4-8(13(15,16)17)3-9(14)5-10/h3-7H,2H2,1H3,(H2,18,19,20,21). The fraction of sp³-hybridized carbons (Fsp3) is 0.231. The molecular weight excluding hydrogens is 305 g/mol. The molecule has 1 heterocycles. The summed E-state index contributed by atoms with van der Waals surface area (Å²) < 4.78 is 38.2. The molecule has 0 fully saturated rings. The van der Waals surface area contributed by atoms with E-state index in [-0.39, 0.29) is 10.7 Å². The van der Waals surface area contributed by atoms with Crippen molar-refractivity contribution in [3.63, 3.8) is 0 Å². The molecular formula is C13H12ClF3N4. The second-order valence-corrected chi connectivity index (χ2v) is 4.61. The zero-order chi connectivity index (χ0) is 15.5. The molecule has 2 aromatic rings. The van der Waals surface area contributed by atoms with Crippen LogP contribution in [0.4, 0.5) is 30.5 Å². The van der Waals surface area contributed by atoms with Crippen LogP contribution in [0.25, 0.3) is 0 Å². The van der Waals surface area contributed by atoms with E-state index in [1.54, 1.807) is 6.07 Å². The van der Waals surface area contributed by atoms with Crippen molar-refractivity contribution in [3.8, 4) is 0 Å². The highest BCUT2D eigenvalue weighted by Crippen LogP contribution is 2.33. The average Bonchev–Trinajstić information content (AvgIpc) is 2.38. The summed E-state index contributed by atoms with van der Waals surface area (Å²) in [5.74, 6) is 0.949. The lowest BCUT2D eigenvalue weighted by molar-refractivity contribution is -0.137. The van der Waals surface area contributed by atoms with Gasteiger partial charge in [0, 0.05) is 23.3 Å². The van der Waals surface area contributed by atoms with Crippen LogP contribution >= 0.6 is 11.6 Å². The fourth-order valence-corrected chi connectivity index (χ4v) is 1.91. The molecule has 8 heteroatoms. The summed E-state index contributed by atoms with van der Waals surface area (Å²) in [6, 6.07) is 4.83. The average molecular weight is 317 g/mol. The number of alkyl halides is 3. The molecule has 4 nitrogen and oxygen atoms in total. The predicted molar refractivity (Wildman–Crippen MR) is 75.9 cm³/mol. The molecule has 112 valence electrons. The van der Waals surface area contributed by atoms with Gasteiger partial charge in [-0.1, -0.05) is 11.6 Å². The molecule has 1 aromatic carbocycles. The molecule has 0 unspecified atom stereocenters. The van der Waals surface area contributed by atoms with Crippen molar-refractivity contribution >= 4 is 28.9 Å². The van der Waals surface area contributed by atoms with Crippen molar-refractivity contribution in [2.45, 2.75) is 13.1 Å². The number of anilines is 3. The van der Waals surface area contributed by atoms with Crippen LogP contribution < -0.4 is 10.6 Å². The van der Waals surface area contributed by atoms with Crippen LogP contribution in [-0.4, -0.2) is 16.5 Å². The third-order valence-electron chi connectivity index (χ3n) is 2.52. The summed E-state index contributed by atoms with van der Waals surface area (Å²) in [7, 11) is 0. The van der Waals surface area contributed by atoms with Gasteiger partial charge < -0.3 is 10.6 Å². The summed E-state index contributed by atoms with van der Waals surface area (Å²) in [5, 5.41) is 5.76. The van der Waals surface area contributed by atoms with E-state index < -0.39 is 11.7 Å². The number of benzene rings is 1. The molecule has 0 aliphatic heterocycles. The van der Waals surface area contributed by atoms with E-state index in [0.29, 0.717) is 18.2 Å². The quantitative estimate of drug-likeness (QED) is 0.881. The zero-order valence-electron chi connectivity index (χ0n) is 11.0. The molecule has 0 atom stereocenters. The molecule has 0 aliphatic carbocycles. The van der Waals surface area contributed by atoms with E-state index in [2.05, 4.69) is 20.6 Å². The molecule has 0 spiro atoms. The second-order valence-electron chi connectivity index (χ2n) is 4.17. The van der Waals surface area contributed by atoms with Crippen LogP contribution in [0.1, 0.15) is 12.5 Å². The van der Waals surface area contributed by atoms with Gasteiger partial charge in [-0.05, 0) is 25.1 Å². The van der Waals surface area contributed by atoms with Gasteiger partial charge >= 0.3 is 6.18 Å². The largest absolute Gasteiger partial charge is 0.416 e. The number of halogens is 4. The maximum atomic E-state index is 12.7. The normalized spacial score (nSPS) is 11.3. The van der Waals surface area contributed by atoms with Crippen LogP contribution in [-0.2, 0) is 6.18 Å². The summed E-state index contributed by atoms with van der Waals surface area (Å²) in [6.07, 6.45) is -3.14. The minimum absolute atomic E-state index is 0.00622. The zero-order valence-corrected chi connectivity index (χ0v) is 11.8. The molecule has 1 aromatic heterocycles. The van der Waals surface area contributed by atoms with Gasteiger partial charge in [-0.2, -0.15) is 13.2 Å². The predicted octanol–water partition coefficient (Wildman–Crippen LogP) is 4.32. The Kier molecular flexibility index (Phi) is 4.52. The van der Waals surface area contributed by atoms with Gasteiger partial charge in [0.15, 0.2) is 0 Å². The van der Waals surface area contributed by atoms with Crippen LogP contribution in [0.3, 0.4) is 0 Å². The van der Waals surface area contributed by atoms with Crippen molar-refractivity contribution in [1.29, 1.82) is 0 Å². The van der Waals surface area contributed by atoms with Gasteiger partial charge in [0.25, 0.3) is 0 Å². The highest BCUT2D eigenvalue weighted by Gasteiger charge is 2.31. The summed E-state index contributed by atoms with van der Waals surface area (Å²) in [6.45, 7) is 2.58. The molecule has 21 heavy (non-hydrogen) atoms. The van der Waals surface area contributed by atoms with E-state index in [0.717, 1.165) is 12.1 Å². The third-order valence-corrected chi connectivity index (χ3v) is 2.74. The number of hydrogen-bond acceptors (Lipinski definition) is 4. The first-order chi connectivity index (χ1) is 9.88. The SMILES string of the molecule is CCNc1cc(Nc2cc(Cl)cc(C(F)(F)F)c2)ncn1. The number of rotatable bonds is 4. The van der Waals surface area contributed by atoms with Crippen LogP contribution in [0.15, 0.2) is 30.6 Å². The number of hydrogen-bond donors (Lipinski definition) is 2. The van der Waals surface area contributed by atoms with Gasteiger partial charge in [0.05, 0.1) is 5.56 Å². The first-order valence-corrected chi connectivity index (χ1v) is 6.47. The maximum Gasteiger partial charge on any atom is 0.416 e. The van der Waals surface area contributed by atoms with Gasteiger partial charge in [-0.25, -0.2) is 9.97 Å². The molecule has 2 N–H and O–H groups in total. The number of nitrogens with one attached hydrogen (secondary N) is 2. The van der Waals surface area contributed by atoms with E-state index in [1.807, 2.05) is 6.92 Å². The van der Waals surface area contributed by atoms with Crippen LogP contribution in [0.5, 0.6) is 0 Å². The Bertz CT molecular complexity index is 631. The highest BCUT2D eigenvalue weighted by molar-refractivity contribution is 6.31. The van der Waals surface area contributed by atoms with Crippen molar-refractivity contribution in [3.05, 3.63) is 41.2 Å². The Labute approximate surface area is 124 Å². The van der Waals surface area contributed by atoms with Gasteiger partial charge in [-0.3, -0.25) is 0 Å². The molecule has 0 aliphatic rings. The lowest BCUT2D eigenvalue weighted by atomic mass is 10.2. The topological polar surface area (TPSA) is 49.8 Å². The minimum atomic E-state index is -4.46. The smallest absolute Gasteiger partial charge is 0.370 e. The first kappa shape index (κ1) is 15.4. The Morgan fingerprint density at radius 3 is 2.48 bits per heavy atom. The molecule has 0 saturated heterocycles. The molecule has 0 amide bonds. The Morgan fingerprint density at radius 2 is 1.81 bits per heavy atom. The summed E-state index contributed by atoms with van der Waals surface area (Å²) >= 11 is 5.72. The van der Waals surface area contributed by atoms with E-state index in [1.165, 1.54) is 12.4 Å². The first-order valence-electron chi connectivity index (χ1n) is 6.09.